The van der Waals surface area contributed by atoms with Gasteiger partial charge in [-0.25, -0.2) is 4.98 Å². The summed E-state index contributed by atoms with van der Waals surface area (Å²) in [5, 5.41) is 14.6. The molecule has 1 amide bonds. The van der Waals surface area contributed by atoms with E-state index in [4.69, 9.17) is 5.73 Å². The SMILES string of the molecule is Cc1cc[n+]([O-])c(C)c1-c1ccc(NC(=O)[C@@H](N)C2CCCC2)nc1. The standard InChI is InChI=1S/C19H24N4O2/c1-12-9-10-23(25)13(2)17(12)15-7-8-16(21-11-15)22-19(24)18(20)14-5-3-4-6-14/h7-11,14,18H,3-6,20H2,1-2H3,(H,21,22,24)/t18-/m0/s1. The van der Waals surface area contributed by atoms with Gasteiger partial charge in [0.1, 0.15) is 5.82 Å². The molecule has 0 spiro atoms. The van der Waals surface area contributed by atoms with Crippen LogP contribution in [0.25, 0.3) is 11.1 Å². The van der Waals surface area contributed by atoms with Gasteiger partial charge in [-0.05, 0) is 43.4 Å². The lowest BCUT2D eigenvalue weighted by Crippen LogP contribution is -2.41. The highest BCUT2D eigenvalue weighted by Gasteiger charge is 2.27. The zero-order chi connectivity index (χ0) is 18.0. The number of hydrogen-bond donors (Lipinski definition) is 2. The van der Waals surface area contributed by atoms with Crippen LogP contribution in [-0.4, -0.2) is 16.9 Å². The molecule has 2 aromatic heterocycles. The number of anilines is 1. The lowest BCUT2D eigenvalue weighted by Gasteiger charge is -2.18. The highest BCUT2D eigenvalue weighted by molar-refractivity contribution is 5.94. The van der Waals surface area contributed by atoms with Gasteiger partial charge in [-0.2, -0.15) is 4.73 Å². The molecule has 0 saturated heterocycles. The molecule has 0 unspecified atom stereocenters. The molecule has 1 atom stereocenters. The Kier molecular flexibility index (Phi) is 4.99. The number of rotatable bonds is 4. The maximum absolute atomic E-state index is 12.3. The maximum atomic E-state index is 12.3. The molecule has 3 N–H and O–H groups in total. The Labute approximate surface area is 147 Å². The second kappa shape index (κ2) is 7.19. The molecule has 0 radical (unpaired) electrons. The zero-order valence-corrected chi connectivity index (χ0v) is 14.7. The van der Waals surface area contributed by atoms with Gasteiger partial charge in [-0.15, -0.1) is 0 Å². The Balaban J connectivity index is 1.75. The molecule has 1 saturated carbocycles. The van der Waals surface area contributed by atoms with Gasteiger partial charge in [-0.3, -0.25) is 4.79 Å². The molecule has 1 aliphatic rings. The number of nitrogens with two attached hydrogens (primary N) is 1. The molecule has 0 aliphatic heterocycles. The first-order valence-electron chi connectivity index (χ1n) is 8.69. The van der Waals surface area contributed by atoms with Gasteiger partial charge < -0.3 is 16.3 Å². The number of pyridine rings is 2. The van der Waals surface area contributed by atoms with Gasteiger partial charge in [0.05, 0.1) is 11.6 Å². The van der Waals surface area contributed by atoms with E-state index in [1.54, 1.807) is 25.3 Å². The molecular formula is C19H24N4O2. The number of amides is 1. The third kappa shape index (κ3) is 3.64. The van der Waals surface area contributed by atoms with Crippen LogP contribution in [0.3, 0.4) is 0 Å². The Morgan fingerprint density at radius 3 is 2.68 bits per heavy atom. The van der Waals surface area contributed by atoms with Crippen LogP contribution < -0.4 is 15.8 Å². The van der Waals surface area contributed by atoms with Crippen molar-refractivity contribution in [3.05, 3.63) is 47.1 Å². The van der Waals surface area contributed by atoms with E-state index in [2.05, 4.69) is 10.3 Å². The first-order chi connectivity index (χ1) is 12.0. The molecule has 6 nitrogen and oxygen atoms in total. The summed E-state index contributed by atoms with van der Waals surface area (Å²) in [6.07, 6.45) is 7.50. The first kappa shape index (κ1) is 17.4. The summed E-state index contributed by atoms with van der Waals surface area (Å²) in [5.74, 6) is 0.557. The maximum Gasteiger partial charge on any atom is 0.242 e. The summed E-state index contributed by atoms with van der Waals surface area (Å²) < 4.78 is 0.846. The molecule has 6 heteroatoms. The molecule has 1 aliphatic carbocycles. The van der Waals surface area contributed by atoms with Crippen LogP contribution in [-0.2, 0) is 4.79 Å². The van der Waals surface area contributed by atoms with Gasteiger partial charge in [-0.1, -0.05) is 12.8 Å². The van der Waals surface area contributed by atoms with E-state index in [1.165, 1.54) is 6.20 Å². The minimum Gasteiger partial charge on any atom is -0.618 e. The van der Waals surface area contributed by atoms with E-state index in [1.807, 2.05) is 13.0 Å². The minimum absolute atomic E-state index is 0.184. The fourth-order valence-electron chi connectivity index (χ4n) is 3.56. The van der Waals surface area contributed by atoms with E-state index in [-0.39, 0.29) is 11.8 Å². The summed E-state index contributed by atoms with van der Waals surface area (Å²) >= 11 is 0. The average Bonchev–Trinajstić information content (AvgIpc) is 3.14. The molecule has 2 heterocycles. The Hall–Kier alpha value is -2.47. The topological polar surface area (TPSA) is 95.0 Å². The Morgan fingerprint density at radius 1 is 1.32 bits per heavy atom. The van der Waals surface area contributed by atoms with Crippen LogP contribution >= 0.6 is 0 Å². The van der Waals surface area contributed by atoms with Gasteiger partial charge in [0.25, 0.3) is 0 Å². The van der Waals surface area contributed by atoms with Crippen molar-refractivity contribution < 1.29 is 9.52 Å². The second-order valence-electron chi connectivity index (χ2n) is 6.78. The predicted octanol–water partition coefficient (Wildman–Crippen LogP) is 2.45. The molecule has 25 heavy (non-hydrogen) atoms. The number of aryl methyl sites for hydroxylation is 1. The third-order valence-electron chi connectivity index (χ3n) is 5.06. The van der Waals surface area contributed by atoms with Crippen LogP contribution in [0.15, 0.2) is 30.6 Å². The monoisotopic (exact) mass is 340 g/mol. The van der Waals surface area contributed by atoms with Crippen LogP contribution in [0.2, 0.25) is 0 Å². The summed E-state index contributed by atoms with van der Waals surface area (Å²) in [4.78, 5) is 16.6. The number of nitrogens with zero attached hydrogens (tertiary/aromatic N) is 2. The quantitative estimate of drug-likeness (QED) is 0.660. The summed E-state index contributed by atoms with van der Waals surface area (Å²) in [6, 6.07) is 4.90. The largest absolute Gasteiger partial charge is 0.618 e. The number of aromatic nitrogens is 2. The summed E-state index contributed by atoms with van der Waals surface area (Å²) in [6.45, 7) is 3.74. The van der Waals surface area contributed by atoms with Gasteiger partial charge in [0.2, 0.25) is 5.91 Å². The van der Waals surface area contributed by atoms with Gasteiger partial charge >= 0.3 is 0 Å². The molecule has 0 aromatic carbocycles. The van der Waals surface area contributed by atoms with Crippen molar-refractivity contribution in [3.63, 3.8) is 0 Å². The fourth-order valence-corrected chi connectivity index (χ4v) is 3.56. The summed E-state index contributed by atoms with van der Waals surface area (Å²) in [7, 11) is 0. The van der Waals surface area contributed by atoms with Crippen molar-refractivity contribution in [2.75, 3.05) is 5.32 Å². The fraction of sp³-hybridized carbons (Fsp3) is 0.421. The van der Waals surface area contributed by atoms with E-state index in [9.17, 15) is 10.0 Å². The molecule has 0 bridgehead atoms. The number of carbonyl (C=O) groups is 1. The van der Waals surface area contributed by atoms with E-state index in [0.29, 0.717) is 11.5 Å². The lowest BCUT2D eigenvalue weighted by molar-refractivity contribution is -0.611. The number of hydrogen-bond acceptors (Lipinski definition) is 4. The normalized spacial score (nSPS) is 16.0. The average molecular weight is 340 g/mol. The van der Waals surface area contributed by atoms with Crippen molar-refractivity contribution in [3.8, 4) is 11.1 Å². The molecular weight excluding hydrogens is 316 g/mol. The number of nitrogens with one attached hydrogen (secondary N) is 1. The highest BCUT2D eigenvalue weighted by atomic mass is 16.5. The van der Waals surface area contributed by atoms with Crippen molar-refractivity contribution in [2.45, 2.75) is 45.6 Å². The summed E-state index contributed by atoms with van der Waals surface area (Å²) in [5.41, 5.74) is 9.41. The molecule has 2 aromatic rings. The van der Waals surface area contributed by atoms with Crippen LogP contribution in [0.1, 0.15) is 36.9 Å². The van der Waals surface area contributed by atoms with Gasteiger partial charge in [0, 0.05) is 24.8 Å². The Morgan fingerprint density at radius 2 is 2.04 bits per heavy atom. The third-order valence-corrected chi connectivity index (χ3v) is 5.06. The zero-order valence-electron chi connectivity index (χ0n) is 14.7. The van der Waals surface area contributed by atoms with Crippen molar-refractivity contribution in [1.29, 1.82) is 0 Å². The highest BCUT2D eigenvalue weighted by Crippen LogP contribution is 2.28. The minimum atomic E-state index is -0.484. The number of carbonyl (C=O) groups excluding carboxylic acids is 1. The lowest BCUT2D eigenvalue weighted by atomic mass is 9.98. The first-order valence-corrected chi connectivity index (χ1v) is 8.69. The van der Waals surface area contributed by atoms with E-state index < -0.39 is 6.04 Å². The van der Waals surface area contributed by atoms with Crippen molar-refractivity contribution in [1.82, 2.24) is 4.98 Å². The smallest absolute Gasteiger partial charge is 0.242 e. The van der Waals surface area contributed by atoms with Crippen molar-refractivity contribution in [2.24, 2.45) is 11.7 Å². The van der Waals surface area contributed by atoms with Crippen LogP contribution in [0.4, 0.5) is 5.82 Å². The molecule has 132 valence electrons. The van der Waals surface area contributed by atoms with E-state index >= 15 is 0 Å². The van der Waals surface area contributed by atoms with Crippen LogP contribution in [0.5, 0.6) is 0 Å². The Bertz CT molecular complexity index is 768. The molecule has 1 fully saturated rings. The van der Waals surface area contributed by atoms with Crippen LogP contribution in [0, 0.1) is 25.0 Å². The predicted molar refractivity (Wildman–Crippen MR) is 96.7 cm³/mol. The van der Waals surface area contributed by atoms with Gasteiger partial charge in [0.15, 0.2) is 11.9 Å². The van der Waals surface area contributed by atoms with Crippen molar-refractivity contribution >= 4 is 11.7 Å². The molecule has 3 rings (SSSR count). The second-order valence-corrected chi connectivity index (χ2v) is 6.78. The van der Waals surface area contributed by atoms with E-state index in [0.717, 1.165) is 47.1 Å².